The standard InChI is InChI=1S/C13H21N5S/c1-9(2)18(10(3)4)5-6-19-13-11-12(15-7-14-11)16-8-17-13/h7-11H,5-6H2,1-4H3. The Labute approximate surface area is 119 Å². The van der Waals surface area contributed by atoms with Gasteiger partial charge in [-0.05, 0) is 27.7 Å². The molecular formula is C13H21N5S. The molecule has 0 aromatic carbocycles. The van der Waals surface area contributed by atoms with E-state index in [9.17, 15) is 0 Å². The molecule has 2 rings (SSSR count). The molecule has 0 N–H and O–H groups in total. The van der Waals surface area contributed by atoms with Crippen LogP contribution in [0.3, 0.4) is 0 Å². The van der Waals surface area contributed by atoms with Gasteiger partial charge in [-0.1, -0.05) is 0 Å². The topological polar surface area (TPSA) is 52.7 Å². The summed E-state index contributed by atoms with van der Waals surface area (Å²) in [6.45, 7) is 10.0. The molecule has 0 fully saturated rings. The SMILES string of the molecule is CC(C)N(CCSC1=NC=NC2=NC=NC21)C(C)C. The number of hydrogen-bond acceptors (Lipinski definition) is 6. The second-order valence-electron chi connectivity index (χ2n) is 5.14. The smallest absolute Gasteiger partial charge is 0.163 e. The van der Waals surface area contributed by atoms with Gasteiger partial charge in [0.1, 0.15) is 17.7 Å². The Morgan fingerprint density at radius 2 is 1.89 bits per heavy atom. The predicted octanol–water partition coefficient (Wildman–Crippen LogP) is 2.09. The van der Waals surface area contributed by atoms with Crippen molar-refractivity contribution >= 4 is 35.3 Å². The molecule has 1 atom stereocenters. The van der Waals surface area contributed by atoms with Gasteiger partial charge in [0.05, 0.1) is 0 Å². The minimum atomic E-state index is -0.0541. The molecule has 5 nitrogen and oxygen atoms in total. The van der Waals surface area contributed by atoms with Crippen molar-refractivity contribution in [1.82, 2.24) is 4.90 Å². The third-order valence-corrected chi connectivity index (χ3v) is 4.20. The fourth-order valence-corrected chi connectivity index (χ4v) is 3.23. The highest BCUT2D eigenvalue weighted by Gasteiger charge is 2.26. The van der Waals surface area contributed by atoms with E-state index in [4.69, 9.17) is 0 Å². The highest BCUT2D eigenvalue weighted by atomic mass is 32.2. The lowest BCUT2D eigenvalue weighted by Crippen LogP contribution is -2.39. The van der Waals surface area contributed by atoms with Crippen LogP contribution in [0.4, 0.5) is 0 Å². The van der Waals surface area contributed by atoms with Crippen LogP contribution in [-0.4, -0.2) is 58.9 Å². The van der Waals surface area contributed by atoms with E-state index in [2.05, 4.69) is 52.6 Å². The predicted molar refractivity (Wildman–Crippen MR) is 85.1 cm³/mol. The van der Waals surface area contributed by atoms with E-state index in [-0.39, 0.29) is 6.04 Å². The van der Waals surface area contributed by atoms with Crippen LogP contribution in [0.2, 0.25) is 0 Å². The fraction of sp³-hybridized carbons (Fsp3) is 0.692. The maximum Gasteiger partial charge on any atom is 0.163 e. The summed E-state index contributed by atoms with van der Waals surface area (Å²) >= 11 is 1.76. The van der Waals surface area contributed by atoms with E-state index in [0.29, 0.717) is 12.1 Å². The zero-order valence-electron chi connectivity index (χ0n) is 11.9. The average Bonchev–Trinajstić information content (AvgIpc) is 2.82. The molecule has 2 heterocycles. The van der Waals surface area contributed by atoms with Gasteiger partial charge in [-0.2, -0.15) is 0 Å². The molecule has 0 radical (unpaired) electrons. The van der Waals surface area contributed by atoms with Crippen molar-refractivity contribution in [3.8, 4) is 0 Å². The normalized spacial score (nSPS) is 21.3. The van der Waals surface area contributed by atoms with Gasteiger partial charge in [0.25, 0.3) is 0 Å². The number of fused-ring (bicyclic) bond motifs is 1. The third kappa shape index (κ3) is 3.51. The second kappa shape index (κ2) is 6.43. The van der Waals surface area contributed by atoms with Gasteiger partial charge in [0, 0.05) is 24.4 Å². The van der Waals surface area contributed by atoms with Crippen LogP contribution >= 0.6 is 11.8 Å². The highest BCUT2D eigenvalue weighted by Crippen LogP contribution is 2.18. The molecule has 0 amide bonds. The number of hydrogen-bond donors (Lipinski definition) is 0. The first kappa shape index (κ1) is 14.4. The van der Waals surface area contributed by atoms with Crippen LogP contribution in [-0.2, 0) is 0 Å². The van der Waals surface area contributed by atoms with Gasteiger partial charge in [-0.15, -0.1) is 11.8 Å². The number of amidine groups is 1. The maximum absolute atomic E-state index is 4.33. The van der Waals surface area contributed by atoms with Gasteiger partial charge in [-0.25, -0.2) is 15.0 Å². The molecule has 1 unspecified atom stereocenters. The lowest BCUT2D eigenvalue weighted by Gasteiger charge is -2.30. The summed E-state index contributed by atoms with van der Waals surface area (Å²) in [6.07, 6.45) is 3.16. The first-order valence-corrected chi connectivity index (χ1v) is 7.66. The minimum Gasteiger partial charge on any atom is -0.298 e. The van der Waals surface area contributed by atoms with Crippen LogP contribution in [0.25, 0.3) is 0 Å². The van der Waals surface area contributed by atoms with E-state index in [1.165, 1.54) is 0 Å². The summed E-state index contributed by atoms with van der Waals surface area (Å²) in [7, 11) is 0. The summed E-state index contributed by atoms with van der Waals surface area (Å²) in [5.74, 6) is 1.78. The molecule has 0 aromatic heterocycles. The molecule has 104 valence electrons. The van der Waals surface area contributed by atoms with Crippen LogP contribution in [0.1, 0.15) is 27.7 Å². The Morgan fingerprint density at radius 1 is 1.16 bits per heavy atom. The van der Waals surface area contributed by atoms with E-state index in [1.54, 1.807) is 24.4 Å². The summed E-state index contributed by atoms with van der Waals surface area (Å²) in [6, 6.07) is 1.08. The van der Waals surface area contributed by atoms with Crippen molar-refractivity contribution in [2.45, 2.75) is 45.8 Å². The van der Waals surface area contributed by atoms with Crippen LogP contribution in [0.15, 0.2) is 20.0 Å². The summed E-state index contributed by atoms with van der Waals surface area (Å²) < 4.78 is 0. The lowest BCUT2D eigenvalue weighted by molar-refractivity contribution is 0.187. The third-order valence-electron chi connectivity index (χ3n) is 3.19. The molecule has 2 aliphatic rings. The Balaban J connectivity index is 1.86. The zero-order chi connectivity index (χ0) is 13.8. The number of aliphatic imine (C=N–C) groups is 4. The molecule has 0 saturated carbocycles. The average molecular weight is 279 g/mol. The number of thioether (sulfide) groups is 1. The molecule has 0 spiro atoms. The molecular weight excluding hydrogens is 258 g/mol. The fourth-order valence-electron chi connectivity index (χ4n) is 2.27. The van der Waals surface area contributed by atoms with Gasteiger partial charge in [-0.3, -0.25) is 9.89 Å². The first-order chi connectivity index (χ1) is 9.09. The monoisotopic (exact) mass is 279 g/mol. The van der Waals surface area contributed by atoms with Crippen LogP contribution < -0.4 is 0 Å². The van der Waals surface area contributed by atoms with Gasteiger partial charge < -0.3 is 0 Å². The largest absolute Gasteiger partial charge is 0.298 e. The molecule has 6 heteroatoms. The van der Waals surface area contributed by atoms with Gasteiger partial charge in [0.2, 0.25) is 0 Å². The van der Waals surface area contributed by atoms with E-state index >= 15 is 0 Å². The zero-order valence-corrected chi connectivity index (χ0v) is 12.8. The van der Waals surface area contributed by atoms with Gasteiger partial charge >= 0.3 is 0 Å². The Bertz CT molecular complexity index is 428. The molecule has 0 aliphatic carbocycles. The molecule has 0 aromatic rings. The second-order valence-corrected chi connectivity index (χ2v) is 6.26. The van der Waals surface area contributed by atoms with Crippen molar-refractivity contribution in [2.75, 3.05) is 12.3 Å². The molecule has 19 heavy (non-hydrogen) atoms. The van der Waals surface area contributed by atoms with E-state index < -0.39 is 0 Å². The Kier molecular flexibility index (Phi) is 4.87. The highest BCUT2D eigenvalue weighted by molar-refractivity contribution is 8.14. The van der Waals surface area contributed by atoms with Crippen LogP contribution in [0, 0.1) is 0 Å². The summed E-state index contributed by atoms with van der Waals surface area (Å²) in [4.78, 5) is 19.4. The number of nitrogens with zero attached hydrogens (tertiary/aromatic N) is 5. The van der Waals surface area contributed by atoms with Crippen molar-refractivity contribution in [3.63, 3.8) is 0 Å². The Morgan fingerprint density at radius 3 is 2.58 bits per heavy atom. The summed E-state index contributed by atoms with van der Waals surface area (Å²) in [5, 5.41) is 1.01. The molecule has 0 saturated heterocycles. The van der Waals surface area contributed by atoms with Crippen molar-refractivity contribution in [1.29, 1.82) is 0 Å². The van der Waals surface area contributed by atoms with Crippen molar-refractivity contribution < 1.29 is 0 Å². The van der Waals surface area contributed by atoms with Crippen LogP contribution in [0.5, 0.6) is 0 Å². The number of rotatable bonds is 5. The lowest BCUT2D eigenvalue weighted by atomic mass is 10.2. The Hall–Kier alpha value is -1.01. The van der Waals surface area contributed by atoms with Crippen molar-refractivity contribution in [3.05, 3.63) is 0 Å². The molecule has 2 aliphatic heterocycles. The molecule has 0 bridgehead atoms. The van der Waals surface area contributed by atoms with E-state index in [0.717, 1.165) is 23.2 Å². The minimum absolute atomic E-state index is 0.0541. The summed E-state index contributed by atoms with van der Waals surface area (Å²) in [5.41, 5.74) is 0. The quantitative estimate of drug-likeness (QED) is 0.773. The van der Waals surface area contributed by atoms with Gasteiger partial charge in [0.15, 0.2) is 11.9 Å². The van der Waals surface area contributed by atoms with E-state index in [1.807, 2.05) is 0 Å². The maximum atomic E-state index is 4.33. The van der Waals surface area contributed by atoms with Crippen molar-refractivity contribution in [2.24, 2.45) is 20.0 Å². The first-order valence-electron chi connectivity index (χ1n) is 6.67.